The van der Waals surface area contributed by atoms with Gasteiger partial charge in [-0.25, -0.2) is 5.01 Å². The molecule has 1 N–H and O–H groups in total. The van der Waals surface area contributed by atoms with Gasteiger partial charge in [0, 0.05) is 39.3 Å². The number of aliphatic hydroxyl groups is 1. The molecule has 1 aliphatic heterocycles. The van der Waals surface area contributed by atoms with Crippen molar-refractivity contribution in [3.05, 3.63) is 0 Å². The second kappa shape index (κ2) is 9.28. The average molecular weight is 272 g/mol. The zero-order valence-electron chi connectivity index (χ0n) is 12.3. The molecule has 1 fully saturated rings. The van der Waals surface area contributed by atoms with Crippen molar-refractivity contribution in [2.24, 2.45) is 0 Å². The Hall–Kier alpha value is -0.650. The maximum atomic E-state index is 12.0. The monoisotopic (exact) mass is 272 g/mol. The van der Waals surface area contributed by atoms with Gasteiger partial charge < -0.3 is 9.84 Å². The summed E-state index contributed by atoms with van der Waals surface area (Å²) in [5.41, 5.74) is 0. The summed E-state index contributed by atoms with van der Waals surface area (Å²) >= 11 is 0. The number of carbonyl (C=O) groups excluding carboxylic acids is 1. The first-order valence-corrected chi connectivity index (χ1v) is 7.46. The van der Waals surface area contributed by atoms with Crippen LogP contribution in [0.2, 0.25) is 0 Å². The molecule has 5 heteroatoms. The van der Waals surface area contributed by atoms with Crippen molar-refractivity contribution >= 4 is 5.91 Å². The van der Waals surface area contributed by atoms with Crippen molar-refractivity contribution in [3.8, 4) is 0 Å². The van der Waals surface area contributed by atoms with Crippen LogP contribution in [0.25, 0.3) is 0 Å². The zero-order chi connectivity index (χ0) is 14.1. The summed E-state index contributed by atoms with van der Waals surface area (Å²) < 4.78 is 5.31. The Morgan fingerprint density at radius 2 is 2.16 bits per heavy atom. The van der Waals surface area contributed by atoms with Crippen LogP contribution in [0.15, 0.2) is 0 Å². The molecular weight excluding hydrogens is 244 g/mol. The first-order valence-electron chi connectivity index (χ1n) is 7.46. The summed E-state index contributed by atoms with van der Waals surface area (Å²) in [6.07, 6.45) is 3.93. The normalized spacial score (nSPS) is 18.9. The Morgan fingerprint density at radius 3 is 2.84 bits per heavy atom. The molecule has 1 rings (SSSR count). The number of nitrogens with zero attached hydrogens (tertiary/aromatic N) is 2. The number of carbonyl (C=O) groups is 1. The third kappa shape index (κ3) is 6.36. The van der Waals surface area contributed by atoms with Gasteiger partial charge >= 0.3 is 0 Å². The SMILES string of the molecule is CCOCCCCN1C(=O)CCCN1CCC(C)O. The zero-order valence-corrected chi connectivity index (χ0v) is 12.3. The molecule has 1 amide bonds. The fraction of sp³-hybridized carbons (Fsp3) is 0.929. The van der Waals surface area contributed by atoms with E-state index in [1.54, 1.807) is 6.92 Å². The van der Waals surface area contributed by atoms with Crippen LogP contribution < -0.4 is 0 Å². The smallest absolute Gasteiger partial charge is 0.236 e. The molecule has 0 saturated carbocycles. The lowest BCUT2D eigenvalue weighted by atomic mass is 10.2. The largest absolute Gasteiger partial charge is 0.393 e. The fourth-order valence-electron chi connectivity index (χ4n) is 2.26. The van der Waals surface area contributed by atoms with E-state index < -0.39 is 0 Å². The highest BCUT2D eigenvalue weighted by atomic mass is 16.5. The highest BCUT2D eigenvalue weighted by Gasteiger charge is 2.25. The first-order chi connectivity index (χ1) is 9.15. The maximum absolute atomic E-state index is 12.0. The molecule has 0 aliphatic carbocycles. The predicted molar refractivity (Wildman–Crippen MR) is 74.5 cm³/mol. The Morgan fingerprint density at radius 1 is 1.37 bits per heavy atom. The van der Waals surface area contributed by atoms with Gasteiger partial charge in [0.2, 0.25) is 5.91 Å². The van der Waals surface area contributed by atoms with Gasteiger partial charge in [-0.05, 0) is 39.5 Å². The van der Waals surface area contributed by atoms with E-state index in [1.165, 1.54) is 0 Å². The van der Waals surface area contributed by atoms with Crippen molar-refractivity contribution in [2.75, 3.05) is 32.8 Å². The molecule has 1 atom stereocenters. The molecule has 0 spiro atoms. The van der Waals surface area contributed by atoms with Crippen molar-refractivity contribution in [3.63, 3.8) is 0 Å². The Bertz CT molecular complexity index is 259. The van der Waals surface area contributed by atoms with Crippen molar-refractivity contribution in [1.82, 2.24) is 10.0 Å². The number of hydrazine groups is 1. The van der Waals surface area contributed by atoms with Crippen LogP contribution in [0.3, 0.4) is 0 Å². The van der Waals surface area contributed by atoms with Gasteiger partial charge in [0.15, 0.2) is 0 Å². The Labute approximate surface area is 116 Å². The molecule has 0 radical (unpaired) electrons. The van der Waals surface area contributed by atoms with Crippen molar-refractivity contribution < 1.29 is 14.6 Å². The lowest BCUT2D eigenvalue weighted by Crippen LogP contribution is -2.51. The Kier molecular flexibility index (Phi) is 8.02. The number of unbranched alkanes of at least 4 members (excludes halogenated alkanes) is 1. The van der Waals surface area contributed by atoms with Crippen LogP contribution in [0.1, 0.15) is 46.0 Å². The van der Waals surface area contributed by atoms with E-state index in [1.807, 2.05) is 11.9 Å². The second-order valence-corrected chi connectivity index (χ2v) is 5.12. The van der Waals surface area contributed by atoms with E-state index in [9.17, 15) is 9.90 Å². The summed E-state index contributed by atoms with van der Waals surface area (Å²) in [5, 5.41) is 13.3. The lowest BCUT2D eigenvalue weighted by molar-refractivity contribution is -0.156. The van der Waals surface area contributed by atoms with E-state index in [4.69, 9.17) is 4.74 Å². The van der Waals surface area contributed by atoms with Crippen LogP contribution in [0.4, 0.5) is 0 Å². The van der Waals surface area contributed by atoms with Gasteiger partial charge in [0.25, 0.3) is 0 Å². The summed E-state index contributed by atoms with van der Waals surface area (Å²) in [5.74, 6) is 0.216. The lowest BCUT2D eigenvalue weighted by Gasteiger charge is -2.39. The molecule has 1 unspecified atom stereocenters. The van der Waals surface area contributed by atoms with Crippen molar-refractivity contribution in [1.29, 1.82) is 0 Å². The molecule has 1 saturated heterocycles. The summed E-state index contributed by atoms with van der Waals surface area (Å²) in [7, 11) is 0. The van der Waals surface area contributed by atoms with Crippen LogP contribution in [-0.4, -0.2) is 60.0 Å². The third-order valence-electron chi connectivity index (χ3n) is 3.35. The summed E-state index contributed by atoms with van der Waals surface area (Å²) in [6.45, 7) is 7.75. The highest BCUT2D eigenvalue weighted by Crippen LogP contribution is 2.14. The van der Waals surface area contributed by atoms with Gasteiger partial charge in [-0.3, -0.25) is 9.80 Å². The van der Waals surface area contributed by atoms with Crippen LogP contribution in [0, 0.1) is 0 Å². The third-order valence-corrected chi connectivity index (χ3v) is 3.35. The summed E-state index contributed by atoms with van der Waals surface area (Å²) in [4.78, 5) is 12.0. The molecule has 5 nitrogen and oxygen atoms in total. The second-order valence-electron chi connectivity index (χ2n) is 5.12. The van der Waals surface area contributed by atoms with Gasteiger partial charge in [0.1, 0.15) is 0 Å². The van der Waals surface area contributed by atoms with E-state index in [0.29, 0.717) is 12.8 Å². The minimum Gasteiger partial charge on any atom is -0.393 e. The summed E-state index contributed by atoms with van der Waals surface area (Å²) in [6, 6.07) is 0. The number of hydrogen-bond acceptors (Lipinski definition) is 4. The molecule has 1 aliphatic rings. The number of amides is 1. The van der Waals surface area contributed by atoms with Gasteiger partial charge in [0.05, 0.1) is 6.10 Å². The standard InChI is InChI=1S/C14H28N2O3/c1-3-19-12-5-4-10-16-14(18)7-6-9-15(16)11-8-13(2)17/h13,17H,3-12H2,1-2H3. The van der Waals surface area contributed by atoms with Gasteiger partial charge in [-0.1, -0.05) is 0 Å². The molecule has 1 heterocycles. The van der Waals surface area contributed by atoms with Crippen molar-refractivity contribution in [2.45, 2.75) is 52.1 Å². The molecule has 0 aromatic carbocycles. The fourth-order valence-corrected chi connectivity index (χ4v) is 2.26. The van der Waals surface area contributed by atoms with Crippen LogP contribution in [0.5, 0.6) is 0 Å². The maximum Gasteiger partial charge on any atom is 0.236 e. The molecular formula is C14H28N2O3. The molecule has 0 bridgehead atoms. The minimum absolute atomic E-state index is 0.216. The number of ether oxygens (including phenoxy) is 1. The van der Waals surface area contributed by atoms with Gasteiger partial charge in [-0.15, -0.1) is 0 Å². The molecule has 0 aromatic rings. The number of aliphatic hydroxyl groups excluding tert-OH is 1. The van der Waals surface area contributed by atoms with E-state index in [0.717, 1.165) is 52.1 Å². The molecule has 0 aromatic heterocycles. The van der Waals surface area contributed by atoms with Gasteiger partial charge in [-0.2, -0.15) is 0 Å². The van der Waals surface area contributed by atoms with E-state index in [2.05, 4.69) is 5.01 Å². The van der Waals surface area contributed by atoms with E-state index in [-0.39, 0.29) is 12.0 Å². The quantitative estimate of drug-likeness (QED) is 0.645. The van der Waals surface area contributed by atoms with E-state index >= 15 is 0 Å². The number of rotatable bonds is 9. The molecule has 112 valence electrons. The van der Waals surface area contributed by atoms with Crippen LogP contribution >= 0.6 is 0 Å². The first kappa shape index (κ1) is 16.4. The predicted octanol–water partition coefficient (Wildman–Crippen LogP) is 1.41. The van der Waals surface area contributed by atoms with Crippen LogP contribution in [-0.2, 0) is 9.53 Å². The Balaban J connectivity index is 2.32. The minimum atomic E-state index is -0.308. The molecule has 19 heavy (non-hydrogen) atoms. The number of hydrogen-bond donors (Lipinski definition) is 1. The highest BCUT2D eigenvalue weighted by molar-refractivity contribution is 5.76. The topological polar surface area (TPSA) is 53.0 Å². The average Bonchev–Trinajstić information content (AvgIpc) is 2.38.